The zero-order valence-electron chi connectivity index (χ0n) is 13.7. The lowest BCUT2D eigenvalue weighted by Gasteiger charge is -2.38. The summed E-state index contributed by atoms with van der Waals surface area (Å²) in [7, 11) is 2.16. The number of likely N-dealkylation sites (N-methyl/N-ethyl adjacent to an activating group) is 1. The van der Waals surface area contributed by atoms with Gasteiger partial charge in [-0.1, -0.05) is 12.1 Å². The van der Waals surface area contributed by atoms with Gasteiger partial charge in [-0.15, -0.1) is 0 Å². The Balaban J connectivity index is 1.92. The number of anilines is 1. The SMILES string of the molecule is CC(c1cccc(N)c1)N(C)CC1CN(C(C)C)CCO1. The van der Waals surface area contributed by atoms with Crippen LogP contribution in [0.5, 0.6) is 0 Å². The van der Waals surface area contributed by atoms with E-state index in [1.165, 1.54) is 5.56 Å². The van der Waals surface area contributed by atoms with E-state index in [1.54, 1.807) is 0 Å². The molecular formula is C17H29N3O. The number of morpholine rings is 1. The Kier molecular flexibility index (Phi) is 5.62. The summed E-state index contributed by atoms with van der Waals surface area (Å²) in [4.78, 5) is 4.84. The molecule has 2 rings (SSSR count). The highest BCUT2D eigenvalue weighted by Gasteiger charge is 2.24. The highest BCUT2D eigenvalue weighted by molar-refractivity contribution is 5.41. The molecule has 2 unspecified atom stereocenters. The number of hydrogen-bond acceptors (Lipinski definition) is 4. The van der Waals surface area contributed by atoms with Crippen molar-refractivity contribution in [3.8, 4) is 0 Å². The molecule has 1 aliphatic rings. The molecule has 0 radical (unpaired) electrons. The first-order chi connectivity index (χ1) is 9.97. The van der Waals surface area contributed by atoms with Crippen molar-refractivity contribution in [3.63, 3.8) is 0 Å². The average Bonchev–Trinajstić information content (AvgIpc) is 2.46. The summed E-state index contributed by atoms with van der Waals surface area (Å²) in [6.45, 7) is 10.6. The summed E-state index contributed by atoms with van der Waals surface area (Å²) in [5.41, 5.74) is 7.97. The van der Waals surface area contributed by atoms with Crippen LogP contribution in [0.2, 0.25) is 0 Å². The fraction of sp³-hybridized carbons (Fsp3) is 0.647. The minimum Gasteiger partial charge on any atom is -0.399 e. The Hall–Kier alpha value is -1.10. The molecule has 2 atom stereocenters. The van der Waals surface area contributed by atoms with Crippen LogP contribution in [-0.2, 0) is 4.74 Å². The molecule has 21 heavy (non-hydrogen) atoms. The summed E-state index contributed by atoms with van der Waals surface area (Å²) in [6.07, 6.45) is 0.287. The van der Waals surface area contributed by atoms with Crippen LogP contribution in [0.4, 0.5) is 5.69 Å². The molecule has 2 N–H and O–H groups in total. The highest BCUT2D eigenvalue weighted by Crippen LogP contribution is 2.21. The Morgan fingerprint density at radius 3 is 2.81 bits per heavy atom. The van der Waals surface area contributed by atoms with E-state index in [1.807, 2.05) is 12.1 Å². The Labute approximate surface area is 128 Å². The van der Waals surface area contributed by atoms with Crippen molar-refractivity contribution in [2.24, 2.45) is 0 Å². The first-order valence-corrected chi connectivity index (χ1v) is 7.88. The van der Waals surface area contributed by atoms with Gasteiger partial charge < -0.3 is 10.5 Å². The zero-order chi connectivity index (χ0) is 15.4. The van der Waals surface area contributed by atoms with Gasteiger partial charge in [-0.05, 0) is 45.5 Å². The maximum atomic E-state index is 5.93. The van der Waals surface area contributed by atoms with Crippen LogP contribution in [0.1, 0.15) is 32.4 Å². The Bertz CT molecular complexity index is 449. The van der Waals surface area contributed by atoms with Gasteiger partial charge in [-0.3, -0.25) is 9.80 Å². The number of nitrogens with two attached hydrogens (primary N) is 1. The van der Waals surface area contributed by atoms with E-state index in [0.29, 0.717) is 12.1 Å². The lowest BCUT2D eigenvalue weighted by molar-refractivity contribution is -0.0530. The van der Waals surface area contributed by atoms with Gasteiger partial charge in [-0.2, -0.15) is 0 Å². The van der Waals surface area contributed by atoms with E-state index in [9.17, 15) is 0 Å². The maximum Gasteiger partial charge on any atom is 0.0829 e. The lowest BCUT2D eigenvalue weighted by atomic mass is 10.1. The van der Waals surface area contributed by atoms with E-state index in [0.717, 1.165) is 31.9 Å². The van der Waals surface area contributed by atoms with Gasteiger partial charge in [0.25, 0.3) is 0 Å². The predicted octanol–water partition coefficient (Wildman–Crippen LogP) is 2.37. The molecule has 0 amide bonds. The summed E-state index contributed by atoms with van der Waals surface area (Å²) >= 11 is 0. The van der Waals surface area contributed by atoms with Crippen LogP contribution < -0.4 is 5.73 Å². The van der Waals surface area contributed by atoms with Crippen LogP contribution in [0, 0.1) is 0 Å². The molecule has 1 heterocycles. The van der Waals surface area contributed by atoms with E-state index < -0.39 is 0 Å². The molecule has 1 aromatic rings. The number of nitrogens with zero attached hydrogens (tertiary/aromatic N) is 2. The van der Waals surface area contributed by atoms with Crippen LogP contribution in [0.15, 0.2) is 24.3 Å². The molecule has 0 spiro atoms. The third kappa shape index (κ3) is 4.43. The van der Waals surface area contributed by atoms with Gasteiger partial charge >= 0.3 is 0 Å². The third-order valence-electron chi connectivity index (χ3n) is 4.45. The second kappa shape index (κ2) is 7.25. The summed E-state index contributed by atoms with van der Waals surface area (Å²) in [5.74, 6) is 0. The Morgan fingerprint density at radius 1 is 1.38 bits per heavy atom. The molecule has 1 saturated heterocycles. The van der Waals surface area contributed by atoms with Gasteiger partial charge in [0.1, 0.15) is 0 Å². The van der Waals surface area contributed by atoms with Crippen LogP contribution in [0.25, 0.3) is 0 Å². The first-order valence-electron chi connectivity index (χ1n) is 7.88. The molecule has 1 aliphatic heterocycles. The summed E-state index contributed by atoms with van der Waals surface area (Å²) in [6, 6.07) is 9.08. The van der Waals surface area contributed by atoms with Gasteiger partial charge in [-0.25, -0.2) is 0 Å². The molecule has 118 valence electrons. The standard InChI is InChI=1S/C17H29N3O/c1-13(2)20-8-9-21-17(12-20)11-19(4)14(3)15-6-5-7-16(18)10-15/h5-7,10,13-14,17H,8-9,11-12,18H2,1-4H3. The summed E-state index contributed by atoms with van der Waals surface area (Å²) < 4.78 is 5.93. The van der Waals surface area contributed by atoms with Crippen molar-refractivity contribution in [2.75, 3.05) is 39.0 Å². The monoisotopic (exact) mass is 291 g/mol. The quantitative estimate of drug-likeness (QED) is 0.846. The minimum absolute atomic E-state index is 0.287. The predicted molar refractivity (Wildman–Crippen MR) is 88.3 cm³/mol. The van der Waals surface area contributed by atoms with Gasteiger partial charge in [0.15, 0.2) is 0 Å². The normalized spacial score (nSPS) is 21.9. The fourth-order valence-electron chi connectivity index (χ4n) is 2.87. The van der Waals surface area contributed by atoms with Crippen LogP contribution in [0.3, 0.4) is 0 Å². The second-order valence-corrected chi connectivity index (χ2v) is 6.37. The molecule has 0 bridgehead atoms. The number of hydrogen-bond donors (Lipinski definition) is 1. The molecule has 4 heteroatoms. The van der Waals surface area contributed by atoms with Crippen LogP contribution in [-0.4, -0.2) is 55.2 Å². The summed E-state index contributed by atoms with van der Waals surface area (Å²) in [5, 5.41) is 0. The van der Waals surface area contributed by atoms with Crippen molar-refractivity contribution < 1.29 is 4.74 Å². The van der Waals surface area contributed by atoms with Crippen molar-refractivity contribution in [2.45, 2.75) is 39.0 Å². The molecule has 0 saturated carbocycles. The van der Waals surface area contributed by atoms with E-state index in [-0.39, 0.29) is 6.10 Å². The van der Waals surface area contributed by atoms with Crippen molar-refractivity contribution >= 4 is 5.69 Å². The van der Waals surface area contributed by atoms with E-state index in [4.69, 9.17) is 10.5 Å². The zero-order valence-corrected chi connectivity index (χ0v) is 13.7. The first kappa shape index (κ1) is 16.3. The van der Waals surface area contributed by atoms with Gasteiger partial charge in [0, 0.05) is 37.4 Å². The van der Waals surface area contributed by atoms with E-state index in [2.05, 4.69) is 49.8 Å². The number of benzene rings is 1. The maximum absolute atomic E-state index is 5.93. The molecule has 1 fully saturated rings. The lowest BCUT2D eigenvalue weighted by Crippen LogP contribution is -2.49. The Morgan fingerprint density at radius 2 is 2.14 bits per heavy atom. The number of nitrogen functional groups attached to an aromatic ring is 1. The molecule has 0 aromatic heterocycles. The largest absolute Gasteiger partial charge is 0.399 e. The van der Waals surface area contributed by atoms with Crippen molar-refractivity contribution in [1.82, 2.24) is 9.80 Å². The molecule has 4 nitrogen and oxygen atoms in total. The third-order valence-corrected chi connectivity index (χ3v) is 4.45. The molecule has 1 aromatic carbocycles. The fourth-order valence-corrected chi connectivity index (χ4v) is 2.87. The van der Waals surface area contributed by atoms with Crippen molar-refractivity contribution in [1.29, 1.82) is 0 Å². The average molecular weight is 291 g/mol. The molecular weight excluding hydrogens is 262 g/mol. The number of rotatable bonds is 5. The highest BCUT2D eigenvalue weighted by atomic mass is 16.5. The van der Waals surface area contributed by atoms with Gasteiger partial charge in [0.05, 0.1) is 12.7 Å². The van der Waals surface area contributed by atoms with Crippen molar-refractivity contribution in [3.05, 3.63) is 29.8 Å². The minimum atomic E-state index is 0.287. The van der Waals surface area contributed by atoms with Crippen LogP contribution >= 0.6 is 0 Å². The molecule has 0 aliphatic carbocycles. The van der Waals surface area contributed by atoms with Gasteiger partial charge in [0.2, 0.25) is 0 Å². The van der Waals surface area contributed by atoms with E-state index >= 15 is 0 Å². The topological polar surface area (TPSA) is 41.7 Å². The number of ether oxygens (including phenoxy) is 1. The second-order valence-electron chi connectivity index (χ2n) is 6.37. The smallest absolute Gasteiger partial charge is 0.0829 e.